The fraction of sp³-hybridized carbons (Fsp3) is 0.364. The highest BCUT2D eigenvalue weighted by Crippen LogP contribution is 2.32. The summed E-state index contributed by atoms with van der Waals surface area (Å²) in [6, 6.07) is 11.4. The van der Waals surface area contributed by atoms with Gasteiger partial charge in [0.15, 0.2) is 0 Å². The second kappa shape index (κ2) is 9.82. The van der Waals surface area contributed by atoms with Crippen LogP contribution in [0.1, 0.15) is 30.9 Å². The maximum atomic E-state index is 12.7. The van der Waals surface area contributed by atoms with E-state index in [-0.39, 0.29) is 11.9 Å². The Balaban J connectivity index is 1.50. The summed E-state index contributed by atoms with van der Waals surface area (Å²) in [5, 5.41) is 10.3. The van der Waals surface area contributed by atoms with E-state index in [9.17, 15) is 13.6 Å². The van der Waals surface area contributed by atoms with Gasteiger partial charge in [-0.15, -0.1) is 10.2 Å². The van der Waals surface area contributed by atoms with Crippen molar-refractivity contribution >= 4 is 17.8 Å². The molecule has 3 aromatic rings. The molecule has 0 aliphatic carbocycles. The molecule has 168 valence electrons. The van der Waals surface area contributed by atoms with Crippen LogP contribution in [-0.4, -0.2) is 47.8 Å². The second-order valence-corrected chi connectivity index (χ2v) is 7.62. The van der Waals surface area contributed by atoms with Crippen LogP contribution in [0.5, 0.6) is 0 Å². The number of alkyl halides is 2. The van der Waals surface area contributed by atoms with Crippen molar-refractivity contribution in [1.29, 1.82) is 0 Å². The number of carbonyl (C=O) groups is 1. The molecule has 0 saturated carbocycles. The van der Waals surface area contributed by atoms with Gasteiger partial charge in [-0.2, -0.15) is 8.78 Å². The number of rotatable bonds is 8. The maximum Gasteiger partial charge on any atom is 0.314 e. The molecular weight excluding hydrogens is 418 g/mol. The zero-order chi connectivity index (χ0) is 22.5. The van der Waals surface area contributed by atoms with Crippen molar-refractivity contribution in [2.45, 2.75) is 31.9 Å². The minimum Gasteiger partial charge on any atom is -0.415 e. The molecule has 1 saturated heterocycles. The summed E-state index contributed by atoms with van der Waals surface area (Å²) in [7, 11) is 1.94. The van der Waals surface area contributed by atoms with Gasteiger partial charge < -0.3 is 19.5 Å². The lowest BCUT2D eigenvalue weighted by atomic mass is 10.0. The van der Waals surface area contributed by atoms with Gasteiger partial charge in [-0.05, 0) is 50.2 Å². The molecule has 1 aliphatic rings. The molecule has 2 aromatic heterocycles. The number of carbonyl (C=O) groups excluding carboxylic acids is 1. The predicted octanol–water partition coefficient (Wildman–Crippen LogP) is 3.42. The van der Waals surface area contributed by atoms with E-state index in [4.69, 9.17) is 4.42 Å². The number of hydrogen-bond donors (Lipinski definition) is 1. The first-order chi connectivity index (χ1) is 15.6. The lowest BCUT2D eigenvalue weighted by Crippen LogP contribution is -2.43. The Morgan fingerprint density at radius 1 is 1.16 bits per heavy atom. The van der Waals surface area contributed by atoms with Crippen LogP contribution in [0.25, 0.3) is 11.5 Å². The minimum atomic E-state index is -2.81. The molecule has 0 bridgehead atoms. The summed E-state index contributed by atoms with van der Waals surface area (Å²) < 4.78 is 30.3. The summed E-state index contributed by atoms with van der Waals surface area (Å²) in [6.45, 7) is 2.27. The standard InChI is InChI=1S/C22H24F2N6O2/c1-29(13-16-7-6-15(12-26-16)21-27-28-22(32-21)20(23)24)18-4-2-3-5-19(18)30(14-31)17-8-10-25-11-9-17/h2-7,12,14,17,20,25H,8-11,13H2,1H3. The smallest absolute Gasteiger partial charge is 0.314 e. The van der Waals surface area contributed by atoms with Crippen LogP contribution in [-0.2, 0) is 11.3 Å². The van der Waals surface area contributed by atoms with Gasteiger partial charge in [0.1, 0.15) is 0 Å². The lowest BCUT2D eigenvalue weighted by Gasteiger charge is -2.34. The van der Waals surface area contributed by atoms with Crippen molar-refractivity contribution in [2.24, 2.45) is 0 Å². The van der Waals surface area contributed by atoms with Crippen molar-refractivity contribution < 1.29 is 18.0 Å². The van der Waals surface area contributed by atoms with E-state index in [2.05, 4.69) is 20.5 Å². The zero-order valence-electron chi connectivity index (χ0n) is 17.6. The number of pyridine rings is 1. The number of nitrogens with zero attached hydrogens (tertiary/aromatic N) is 5. The quantitative estimate of drug-likeness (QED) is 0.535. The molecule has 1 amide bonds. The van der Waals surface area contributed by atoms with E-state index in [1.54, 1.807) is 12.1 Å². The fourth-order valence-electron chi connectivity index (χ4n) is 3.84. The number of piperidine rings is 1. The minimum absolute atomic E-state index is 0.00152. The van der Waals surface area contributed by atoms with Gasteiger partial charge >= 0.3 is 6.43 Å². The third-order valence-corrected chi connectivity index (χ3v) is 5.48. The Morgan fingerprint density at radius 2 is 1.91 bits per heavy atom. The summed E-state index contributed by atoms with van der Waals surface area (Å²) >= 11 is 0. The molecule has 0 atom stereocenters. The Labute approximate surface area is 184 Å². The molecule has 1 aliphatic heterocycles. The highest BCUT2D eigenvalue weighted by molar-refractivity contribution is 5.84. The van der Waals surface area contributed by atoms with Crippen molar-refractivity contribution in [2.75, 3.05) is 29.9 Å². The van der Waals surface area contributed by atoms with Crippen LogP contribution in [0, 0.1) is 0 Å². The van der Waals surface area contributed by atoms with Crippen LogP contribution in [0.3, 0.4) is 0 Å². The monoisotopic (exact) mass is 442 g/mol. The number of amides is 1. The summed E-state index contributed by atoms with van der Waals surface area (Å²) in [4.78, 5) is 20.2. The molecule has 1 N–H and O–H groups in total. The van der Waals surface area contributed by atoms with Gasteiger partial charge in [0.2, 0.25) is 12.3 Å². The molecule has 4 rings (SSSR count). The number of benzene rings is 1. The van der Waals surface area contributed by atoms with Crippen LogP contribution in [0.15, 0.2) is 47.0 Å². The normalized spacial score (nSPS) is 14.5. The van der Waals surface area contributed by atoms with Gasteiger partial charge in [-0.25, -0.2) is 0 Å². The number of nitrogens with one attached hydrogen (secondary N) is 1. The van der Waals surface area contributed by atoms with Gasteiger partial charge in [0.05, 0.1) is 29.2 Å². The van der Waals surface area contributed by atoms with Crippen molar-refractivity contribution in [3.63, 3.8) is 0 Å². The van der Waals surface area contributed by atoms with Crippen LogP contribution in [0.4, 0.5) is 20.2 Å². The molecule has 10 heteroatoms. The van der Waals surface area contributed by atoms with Gasteiger partial charge in [-0.3, -0.25) is 9.78 Å². The average Bonchev–Trinajstić information content (AvgIpc) is 3.32. The summed E-state index contributed by atoms with van der Waals surface area (Å²) in [6.07, 6.45) is 1.43. The van der Waals surface area contributed by atoms with Crippen LogP contribution >= 0.6 is 0 Å². The highest BCUT2D eigenvalue weighted by Gasteiger charge is 2.24. The molecule has 0 unspecified atom stereocenters. The van der Waals surface area contributed by atoms with Crippen molar-refractivity contribution in [1.82, 2.24) is 20.5 Å². The predicted molar refractivity (Wildman–Crippen MR) is 115 cm³/mol. The largest absolute Gasteiger partial charge is 0.415 e. The van der Waals surface area contributed by atoms with E-state index < -0.39 is 12.3 Å². The molecule has 1 aromatic carbocycles. The van der Waals surface area contributed by atoms with E-state index in [0.717, 1.165) is 49.4 Å². The SMILES string of the molecule is CN(Cc1ccc(-c2nnc(C(F)F)o2)cn1)c1ccccc1N(C=O)C1CCNCC1. The topological polar surface area (TPSA) is 87.4 Å². The Morgan fingerprint density at radius 3 is 2.53 bits per heavy atom. The lowest BCUT2D eigenvalue weighted by molar-refractivity contribution is -0.108. The molecule has 0 spiro atoms. The Kier molecular flexibility index (Phi) is 6.69. The number of halogens is 2. The van der Waals surface area contributed by atoms with Crippen molar-refractivity contribution in [3.8, 4) is 11.5 Å². The van der Waals surface area contributed by atoms with E-state index in [0.29, 0.717) is 12.1 Å². The fourth-order valence-corrected chi connectivity index (χ4v) is 3.84. The van der Waals surface area contributed by atoms with Crippen LogP contribution < -0.4 is 15.1 Å². The number of para-hydroxylation sites is 2. The Bertz CT molecular complexity index is 1040. The third kappa shape index (κ3) is 4.75. The first-order valence-corrected chi connectivity index (χ1v) is 10.4. The van der Waals surface area contributed by atoms with Gasteiger partial charge in [0, 0.05) is 19.3 Å². The first-order valence-electron chi connectivity index (χ1n) is 10.4. The van der Waals surface area contributed by atoms with Gasteiger partial charge in [0.25, 0.3) is 5.89 Å². The molecule has 1 fully saturated rings. The molecular formula is C22H24F2N6O2. The van der Waals surface area contributed by atoms with E-state index >= 15 is 0 Å². The number of anilines is 2. The molecule has 3 heterocycles. The highest BCUT2D eigenvalue weighted by atomic mass is 19.3. The van der Waals surface area contributed by atoms with Crippen molar-refractivity contribution in [3.05, 3.63) is 54.2 Å². The van der Waals surface area contributed by atoms with Crippen LogP contribution in [0.2, 0.25) is 0 Å². The van der Waals surface area contributed by atoms with Gasteiger partial charge in [-0.1, -0.05) is 12.1 Å². The number of aromatic nitrogens is 3. The second-order valence-electron chi connectivity index (χ2n) is 7.62. The first kappa shape index (κ1) is 21.8. The molecule has 8 nitrogen and oxygen atoms in total. The zero-order valence-corrected chi connectivity index (χ0v) is 17.6. The Hall–Kier alpha value is -3.40. The molecule has 32 heavy (non-hydrogen) atoms. The maximum absolute atomic E-state index is 12.7. The summed E-state index contributed by atoms with van der Waals surface area (Å²) in [5.74, 6) is -0.712. The van der Waals surface area contributed by atoms with E-state index in [1.165, 1.54) is 6.20 Å². The third-order valence-electron chi connectivity index (χ3n) is 5.48. The average molecular weight is 442 g/mol. The number of hydrogen-bond acceptors (Lipinski definition) is 7. The van der Waals surface area contributed by atoms with E-state index in [1.807, 2.05) is 41.1 Å². The summed E-state index contributed by atoms with van der Waals surface area (Å²) in [5.41, 5.74) is 3.01. The molecule has 0 radical (unpaired) electrons.